The van der Waals surface area contributed by atoms with Crippen LogP contribution in [0.15, 0.2) is 30.3 Å². The first-order valence-corrected chi connectivity index (χ1v) is 7.99. The number of aliphatic carboxylic acids is 1. The summed E-state index contributed by atoms with van der Waals surface area (Å²) in [6.07, 6.45) is -5.28. The molecule has 1 heterocycles. The molecule has 0 bridgehead atoms. The van der Waals surface area contributed by atoms with Gasteiger partial charge in [0.2, 0.25) is 0 Å². The Morgan fingerprint density at radius 1 is 1.26 bits per heavy atom. The second-order valence-electron chi connectivity index (χ2n) is 6.10. The Labute approximate surface area is 152 Å². The van der Waals surface area contributed by atoms with Gasteiger partial charge in [-0.2, -0.15) is 5.10 Å². The predicted octanol–water partition coefficient (Wildman–Crippen LogP) is 3.38. The zero-order chi connectivity index (χ0) is 20.2. The van der Waals surface area contributed by atoms with Crippen LogP contribution in [0.25, 0.3) is 0 Å². The molecule has 0 radical (unpaired) electrons. The number of nitrogens with one attached hydrogen (secondary N) is 2. The standard InChI is InChI=1S/C17H18F3N3O4/c1-9(2)12-7-14(23-22-12)16(26)21-13(8-15(24)25)10-3-5-11(6-4-10)27-17(18,19)20/h3-7,9,13H,8H2,1-2H3,(H,21,26)(H,22,23)(H,24,25). The van der Waals surface area contributed by atoms with Gasteiger partial charge in [0.25, 0.3) is 5.91 Å². The van der Waals surface area contributed by atoms with Gasteiger partial charge >= 0.3 is 12.3 Å². The number of ether oxygens (including phenoxy) is 1. The first-order chi connectivity index (χ1) is 12.5. The summed E-state index contributed by atoms with van der Waals surface area (Å²) < 4.78 is 40.4. The summed E-state index contributed by atoms with van der Waals surface area (Å²) in [5.41, 5.74) is 1.15. The van der Waals surface area contributed by atoms with Crippen molar-refractivity contribution in [2.24, 2.45) is 0 Å². The fourth-order valence-electron chi connectivity index (χ4n) is 2.31. The molecule has 1 amide bonds. The maximum atomic E-state index is 12.3. The minimum absolute atomic E-state index is 0.0890. The summed E-state index contributed by atoms with van der Waals surface area (Å²) in [6, 6.07) is 5.23. The van der Waals surface area contributed by atoms with Crippen molar-refractivity contribution in [2.75, 3.05) is 0 Å². The van der Waals surface area contributed by atoms with Crippen molar-refractivity contribution >= 4 is 11.9 Å². The van der Waals surface area contributed by atoms with Crippen molar-refractivity contribution in [1.29, 1.82) is 0 Å². The van der Waals surface area contributed by atoms with E-state index >= 15 is 0 Å². The van der Waals surface area contributed by atoms with Crippen LogP contribution in [0.2, 0.25) is 0 Å². The lowest BCUT2D eigenvalue weighted by Crippen LogP contribution is -2.30. The highest BCUT2D eigenvalue weighted by Gasteiger charge is 2.31. The predicted molar refractivity (Wildman–Crippen MR) is 88.3 cm³/mol. The first kappa shape index (κ1) is 20.3. The Morgan fingerprint density at radius 2 is 1.89 bits per heavy atom. The zero-order valence-corrected chi connectivity index (χ0v) is 14.5. The lowest BCUT2D eigenvalue weighted by molar-refractivity contribution is -0.274. The van der Waals surface area contributed by atoms with Crippen LogP contribution in [0.5, 0.6) is 5.75 Å². The van der Waals surface area contributed by atoms with E-state index in [1.54, 1.807) is 6.07 Å². The molecule has 1 atom stereocenters. The Kier molecular flexibility index (Phi) is 6.09. The summed E-state index contributed by atoms with van der Waals surface area (Å²) in [5, 5.41) is 18.2. The molecule has 7 nitrogen and oxygen atoms in total. The molecule has 146 valence electrons. The molecule has 1 aromatic heterocycles. The molecule has 2 aromatic rings. The molecule has 0 aliphatic carbocycles. The highest BCUT2D eigenvalue weighted by molar-refractivity contribution is 5.93. The molecule has 27 heavy (non-hydrogen) atoms. The molecule has 0 spiro atoms. The zero-order valence-electron chi connectivity index (χ0n) is 14.5. The van der Waals surface area contributed by atoms with Gasteiger partial charge in [0, 0.05) is 5.69 Å². The normalized spacial score (nSPS) is 12.7. The van der Waals surface area contributed by atoms with Crippen molar-refractivity contribution in [3.8, 4) is 5.75 Å². The quantitative estimate of drug-likeness (QED) is 0.678. The number of nitrogens with zero attached hydrogens (tertiary/aromatic N) is 1. The molecule has 0 saturated heterocycles. The summed E-state index contributed by atoms with van der Waals surface area (Å²) in [4.78, 5) is 23.4. The molecular weight excluding hydrogens is 367 g/mol. The molecular formula is C17H18F3N3O4. The maximum Gasteiger partial charge on any atom is 0.573 e. The number of aromatic nitrogens is 2. The summed E-state index contributed by atoms with van der Waals surface area (Å²) >= 11 is 0. The van der Waals surface area contributed by atoms with Crippen molar-refractivity contribution in [2.45, 2.75) is 38.6 Å². The number of alkyl halides is 3. The van der Waals surface area contributed by atoms with Crippen LogP contribution in [0.3, 0.4) is 0 Å². The van der Waals surface area contributed by atoms with E-state index in [4.69, 9.17) is 5.11 Å². The number of amides is 1. The average Bonchev–Trinajstić information content (AvgIpc) is 3.03. The maximum absolute atomic E-state index is 12.3. The van der Waals surface area contributed by atoms with Crippen LogP contribution in [0, 0.1) is 0 Å². The number of carboxylic acid groups (broad SMARTS) is 1. The molecule has 3 N–H and O–H groups in total. The average molecular weight is 385 g/mol. The summed E-state index contributed by atoms with van der Waals surface area (Å²) in [5.74, 6) is -2.10. The smallest absolute Gasteiger partial charge is 0.481 e. The Balaban J connectivity index is 2.16. The van der Waals surface area contributed by atoms with Crippen molar-refractivity contribution in [1.82, 2.24) is 15.5 Å². The number of rotatable bonds is 7. The molecule has 0 saturated carbocycles. The summed E-state index contributed by atoms with van der Waals surface area (Å²) in [6.45, 7) is 3.82. The SMILES string of the molecule is CC(C)c1cc(C(=O)NC(CC(=O)O)c2ccc(OC(F)(F)F)cc2)n[nH]1. The van der Waals surface area contributed by atoms with Crippen LogP contribution in [-0.4, -0.2) is 33.5 Å². The van der Waals surface area contributed by atoms with Gasteiger partial charge in [-0.25, -0.2) is 0 Å². The van der Waals surface area contributed by atoms with E-state index < -0.39 is 36.5 Å². The highest BCUT2D eigenvalue weighted by atomic mass is 19.4. The third-order valence-corrected chi connectivity index (χ3v) is 3.65. The van der Waals surface area contributed by atoms with Crippen LogP contribution in [0.1, 0.15) is 54.0 Å². The molecule has 0 aliphatic heterocycles. The number of H-pyrrole nitrogens is 1. The third-order valence-electron chi connectivity index (χ3n) is 3.65. The molecule has 2 rings (SSSR count). The summed E-state index contributed by atoms with van der Waals surface area (Å²) in [7, 11) is 0. The Morgan fingerprint density at radius 3 is 2.37 bits per heavy atom. The number of carbonyl (C=O) groups is 2. The second kappa shape index (κ2) is 8.11. The van der Waals surface area contributed by atoms with Gasteiger partial charge < -0.3 is 15.2 Å². The van der Waals surface area contributed by atoms with Gasteiger partial charge in [-0.15, -0.1) is 13.2 Å². The van der Waals surface area contributed by atoms with Gasteiger partial charge in [0.15, 0.2) is 0 Å². The number of carboxylic acids is 1. The van der Waals surface area contributed by atoms with Gasteiger partial charge in [-0.3, -0.25) is 14.7 Å². The Hall–Kier alpha value is -3.04. The van der Waals surface area contributed by atoms with Gasteiger partial charge in [0.05, 0.1) is 12.5 Å². The van der Waals surface area contributed by atoms with E-state index in [2.05, 4.69) is 20.3 Å². The molecule has 0 aliphatic rings. The minimum Gasteiger partial charge on any atom is -0.481 e. The van der Waals surface area contributed by atoms with E-state index in [0.29, 0.717) is 5.56 Å². The molecule has 0 fully saturated rings. The largest absolute Gasteiger partial charge is 0.573 e. The van der Waals surface area contributed by atoms with E-state index in [0.717, 1.165) is 17.8 Å². The lowest BCUT2D eigenvalue weighted by atomic mass is 10.0. The molecule has 10 heteroatoms. The van der Waals surface area contributed by atoms with Crippen molar-refractivity contribution in [3.63, 3.8) is 0 Å². The van der Waals surface area contributed by atoms with Gasteiger partial charge in [-0.1, -0.05) is 26.0 Å². The van der Waals surface area contributed by atoms with Crippen LogP contribution in [0.4, 0.5) is 13.2 Å². The highest BCUT2D eigenvalue weighted by Crippen LogP contribution is 2.25. The fourth-order valence-corrected chi connectivity index (χ4v) is 2.31. The number of hydrogen-bond donors (Lipinski definition) is 3. The van der Waals surface area contributed by atoms with E-state index in [1.165, 1.54) is 12.1 Å². The lowest BCUT2D eigenvalue weighted by Gasteiger charge is -2.17. The first-order valence-electron chi connectivity index (χ1n) is 7.99. The van der Waals surface area contributed by atoms with Gasteiger partial charge in [-0.05, 0) is 29.7 Å². The monoisotopic (exact) mass is 385 g/mol. The number of benzene rings is 1. The van der Waals surface area contributed by atoms with E-state index in [1.807, 2.05) is 13.8 Å². The topological polar surface area (TPSA) is 104 Å². The van der Waals surface area contributed by atoms with E-state index in [-0.39, 0.29) is 11.6 Å². The van der Waals surface area contributed by atoms with Crippen molar-refractivity contribution < 1.29 is 32.6 Å². The number of carbonyl (C=O) groups excluding carboxylic acids is 1. The fraction of sp³-hybridized carbons (Fsp3) is 0.353. The Bertz CT molecular complexity index is 801. The van der Waals surface area contributed by atoms with Crippen LogP contribution in [-0.2, 0) is 4.79 Å². The number of halogens is 3. The second-order valence-corrected chi connectivity index (χ2v) is 6.10. The van der Waals surface area contributed by atoms with Crippen molar-refractivity contribution in [3.05, 3.63) is 47.3 Å². The minimum atomic E-state index is -4.83. The van der Waals surface area contributed by atoms with E-state index in [9.17, 15) is 22.8 Å². The van der Waals surface area contributed by atoms with Gasteiger partial charge in [0.1, 0.15) is 11.4 Å². The number of hydrogen-bond acceptors (Lipinski definition) is 4. The van der Waals surface area contributed by atoms with Crippen LogP contribution >= 0.6 is 0 Å². The van der Waals surface area contributed by atoms with Crippen LogP contribution < -0.4 is 10.1 Å². The molecule has 1 aromatic carbocycles. The number of aromatic amines is 1. The molecule has 1 unspecified atom stereocenters. The third kappa shape index (κ3) is 6.01.